The third kappa shape index (κ3) is 4.55. The molecule has 1 saturated carbocycles. The van der Waals surface area contributed by atoms with Crippen LogP contribution in [0.15, 0.2) is 0 Å². The average Bonchev–Trinajstić information content (AvgIpc) is 2.42. The van der Waals surface area contributed by atoms with Gasteiger partial charge in [0.2, 0.25) is 5.91 Å². The number of nitrogens with two attached hydrogens (primary N) is 1. The molecule has 0 radical (unpaired) electrons. The lowest BCUT2D eigenvalue weighted by molar-refractivity contribution is -0.138. The first-order valence-electron chi connectivity index (χ1n) is 6.81. The van der Waals surface area contributed by atoms with Gasteiger partial charge < -0.3 is 20.5 Å². The Labute approximate surface area is 109 Å². The zero-order chi connectivity index (χ0) is 13.4. The highest BCUT2D eigenvalue weighted by Crippen LogP contribution is 2.29. The number of rotatable bonds is 7. The molecule has 1 aliphatic carbocycles. The summed E-state index contributed by atoms with van der Waals surface area (Å²) in [6.07, 6.45) is 4.06. The Bertz CT molecular complexity index is 242. The molecule has 0 aromatic carbocycles. The Morgan fingerprint density at radius 1 is 1.44 bits per heavy atom. The number of nitrogens with zero attached hydrogens (tertiary/aromatic N) is 1. The number of hydrogen-bond donors (Lipinski definition) is 2. The van der Waals surface area contributed by atoms with Gasteiger partial charge in [-0.1, -0.05) is 6.42 Å². The van der Waals surface area contributed by atoms with Crippen molar-refractivity contribution in [3.05, 3.63) is 0 Å². The van der Waals surface area contributed by atoms with E-state index in [1.807, 2.05) is 0 Å². The Morgan fingerprint density at radius 2 is 2.22 bits per heavy atom. The van der Waals surface area contributed by atoms with Crippen molar-refractivity contribution in [2.75, 3.05) is 40.0 Å². The van der Waals surface area contributed by atoms with Crippen LogP contribution >= 0.6 is 0 Å². The number of aliphatic hydroxyl groups excluding tert-OH is 1. The van der Waals surface area contributed by atoms with Crippen molar-refractivity contribution in [3.63, 3.8) is 0 Å². The second kappa shape index (κ2) is 8.45. The van der Waals surface area contributed by atoms with Crippen molar-refractivity contribution >= 4 is 5.91 Å². The molecule has 0 aliphatic heterocycles. The van der Waals surface area contributed by atoms with E-state index >= 15 is 0 Å². The molecular weight excluding hydrogens is 232 g/mol. The van der Waals surface area contributed by atoms with Crippen molar-refractivity contribution in [2.45, 2.75) is 25.7 Å². The molecule has 2 atom stereocenters. The summed E-state index contributed by atoms with van der Waals surface area (Å²) >= 11 is 0. The number of aliphatic hydroxyl groups is 1. The quantitative estimate of drug-likeness (QED) is 0.685. The monoisotopic (exact) mass is 258 g/mol. The number of amides is 1. The van der Waals surface area contributed by atoms with Gasteiger partial charge in [-0.2, -0.15) is 0 Å². The molecule has 0 aromatic heterocycles. The molecule has 1 rings (SSSR count). The zero-order valence-corrected chi connectivity index (χ0v) is 11.3. The van der Waals surface area contributed by atoms with E-state index in [0.717, 1.165) is 25.7 Å². The van der Waals surface area contributed by atoms with Crippen LogP contribution in [0.5, 0.6) is 0 Å². The maximum Gasteiger partial charge on any atom is 0.225 e. The second-order valence-electron chi connectivity index (χ2n) is 5.01. The largest absolute Gasteiger partial charge is 0.395 e. The van der Waals surface area contributed by atoms with E-state index in [1.54, 1.807) is 12.0 Å². The van der Waals surface area contributed by atoms with Crippen LogP contribution in [0.2, 0.25) is 0 Å². The molecule has 0 spiro atoms. The lowest BCUT2D eigenvalue weighted by Crippen LogP contribution is -2.42. The van der Waals surface area contributed by atoms with Gasteiger partial charge in [0.1, 0.15) is 0 Å². The molecule has 18 heavy (non-hydrogen) atoms. The Hall–Kier alpha value is -0.650. The number of ether oxygens (including phenoxy) is 1. The number of carbonyl (C=O) groups excluding carboxylic acids is 1. The first kappa shape index (κ1) is 15.4. The fraction of sp³-hybridized carbons (Fsp3) is 0.923. The molecule has 0 saturated heterocycles. The van der Waals surface area contributed by atoms with Gasteiger partial charge in [0.25, 0.3) is 0 Å². The predicted molar refractivity (Wildman–Crippen MR) is 70.0 cm³/mol. The van der Waals surface area contributed by atoms with E-state index in [4.69, 9.17) is 15.6 Å². The van der Waals surface area contributed by atoms with Crippen molar-refractivity contribution < 1.29 is 14.6 Å². The zero-order valence-electron chi connectivity index (χ0n) is 11.3. The average molecular weight is 258 g/mol. The summed E-state index contributed by atoms with van der Waals surface area (Å²) in [7, 11) is 1.62. The first-order valence-corrected chi connectivity index (χ1v) is 6.81. The van der Waals surface area contributed by atoms with E-state index in [0.29, 0.717) is 32.2 Å². The SMILES string of the molecule is COCCN(CCO)C(=O)C1CCCC(CN)C1. The fourth-order valence-electron chi connectivity index (χ4n) is 2.64. The van der Waals surface area contributed by atoms with Crippen LogP contribution in [0, 0.1) is 11.8 Å². The fourth-order valence-corrected chi connectivity index (χ4v) is 2.64. The predicted octanol–water partition coefficient (Wildman–Crippen LogP) is 0.219. The molecule has 1 fully saturated rings. The molecule has 1 amide bonds. The van der Waals surface area contributed by atoms with Crippen molar-refractivity contribution in [1.29, 1.82) is 0 Å². The minimum absolute atomic E-state index is 0.00247. The molecule has 106 valence electrons. The molecule has 5 heteroatoms. The topological polar surface area (TPSA) is 75.8 Å². The minimum Gasteiger partial charge on any atom is -0.395 e. The first-order chi connectivity index (χ1) is 8.72. The summed E-state index contributed by atoms with van der Waals surface area (Å²) in [5.41, 5.74) is 5.70. The van der Waals surface area contributed by atoms with Crippen LogP contribution in [0.3, 0.4) is 0 Å². The van der Waals surface area contributed by atoms with Crippen molar-refractivity contribution in [3.8, 4) is 0 Å². The second-order valence-corrected chi connectivity index (χ2v) is 5.01. The molecule has 1 aliphatic rings. The van der Waals surface area contributed by atoms with Gasteiger partial charge in [-0.05, 0) is 31.7 Å². The van der Waals surface area contributed by atoms with E-state index in [-0.39, 0.29) is 18.4 Å². The summed E-state index contributed by atoms with van der Waals surface area (Å²) in [5, 5.41) is 9.03. The maximum absolute atomic E-state index is 12.4. The molecule has 0 heterocycles. The van der Waals surface area contributed by atoms with Gasteiger partial charge in [0.15, 0.2) is 0 Å². The molecule has 0 aromatic rings. The van der Waals surface area contributed by atoms with E-state index in [2.05, 4.69) is 0 Å². The minimum atomic E-state index is 0.00247. The number of hydrogen-bond acceptors (Lipinski definition) is 4. The summed E-state index contributed by atoms with van der Waals surface area (Å²) in [6, 6.07) is 0. The molecule has 5 nitrogen and oxygen atoms in total. The smallest absolute Gasteiger partial charge is 0.225 e. The van der Waals surface area contributed by atoms with Crippen LogP contribution in [-0.4, -0.2) is 55.9 Å². The van der Waals surface area contributed by atoms with Crippen LogP contribution < -0.4 is 5.73 Å². The van der Waals surface area contributed by atoms with Crippen molar-refractivity contribution in [2.24, 2.45) is 17.6 Å². The van der Waals surface area contributed by atoms with Gasteiger partial charge in [0, 0.05) is 26.1 Å². The van der Waals surface area contributed by atoms with Gasteiger partial charge in [-0.3, -0.25) is 4.79 Å². The van der Waals surface area contributed by atoms with Gasteiger partial charge in [-0.15, -0.1) is 0 Å². The number of carbonyl (C=O) groups is 1. The van der Waals surface area contributed by atoms with Gasteiger partial charge in [0.05, 0.1) is 13.2 Å². The summed E-state index contributed by atoms with van der Waals surface area (Å²) < 4.78 is 5.00. The lowest BCUT2D eigenvalue weighted by atomic mass is 9.81. The molecule has 2 unspecified atom stereocenters. The van der Waals surface area contributed by atoms with E-state index in [9.17, 15) is 4.79 Å². The highest BCUT2D eigenvalue weighted by atomic mass is 16.5. The highest BCUT2D eigenvalue weighted by Gasteiger charge is 2.29. The molecular formula is C13H26N2O3. The van der Waals surface area contributed by atoms with E-state index in [1.165, 1.54) is 0 Å². The normalized spacial score (nSPS) is 23.9. The number of methoxy groups -OCH3 is 1. The van der Waals surface area contributed by atoms with Gasteiger partial charge >= 0.3 is 0 Å². The van der Waals surface area contributed by atoms with Crippen LogP contribution in [0.25, 0.3) is 0 Å². The van der Waals surface area contributed by atoms with Crippen LogP contribution in [-0.2, 0) is 9.53 Å². The summed E-state index contributed by atoms with van der Waals surface area (Å²) in [5.74, 6) is 0.709. The molecule has 0 bridgehead atoms. The third-order valence-corrected chi connectivity index (χ3v) is 3.71. The van der Waals surface area contributed by atoms with E-state index < -0.39 is 0 Å². The molecule has 3 N–H and O–H groups in total. The Morgan fingerprint density at radius 3 is 2.83 bits per heavy atom. The van der Waals surface area contributed by atoms with Crippen LogP contribution in [0.4, 0.5) is 0 Å². The van der Waals surface area contributed by atoms with Gasteiger partial charge in [-0.25, -0.2) is 0 Å². The summed E-state index contributed by atoms with van der Waals surface area (Å²) in [6.45, 7) is 2.13. The standard InChI is InChI=1S/C13H26N2O3/c1-18-8-6-15(5-7-16)13(17)12-4-2-3-11(9-12)10-14/h11-12,16H,2-10,14H2,1H3. The van der Waals surface area contributed by atoms with Crippen LogP contribution in [0.1, 0.15) is 25.7 Å². The Balaban J connectivity index is 2.52. The van der Waals surface area contributed by atoms with Crippen molar-refractivity contribution in [1.82, 2.24) is 4.90 Å². The Kier molecular flexibility index (Phi) is 7.23. The third-order valence-electron chi connectivity index (χ3n) is 3.71. The summed E-state index contributed by atoms with van der Waals surface area (Å²) in [4.78, 5) is 14.1. The lowest BCUT2D eigenvalue weighted by Gasteiger charge is -2.32. The highest BCUT2D eigenvalue weighted by molar-refractivity contribution is 5.79. The maximum atomic E-state index is 12.4.